The lowest BCUT2D eigenvalue weighted by molar-refractivity contribution is 0.0651. The van der Waals surface area contributed by atoms with Crippen LogP contribution in [0.15, 0.2) is 66.7 Å². The van der Waals surface area contributed by atoms with E-state index < -0.39 is 0 Å². The molecule has 2 aliphatic rings. The summed E-state index contributed by atoms with van der Waals surface area (Å²) in [5.41, 5.74) is 6.14. The number of hydrogen-bond acceptors (Lipinski definition) is 3. The molecule has 0 aliphatic carbocycles. The molecule has 0 aromatic heterocycles. The van der Waals surface area contributed by atoms with E-state index in [1.807, 2.05) is 6.07 Å². The van der Waals surface area contributed by atoms with Crippen molar-refractivity contribution in [2.24, 2.45) is 0 Å². The molecule has 162 valence electrons. The number of imide groups is 1. The number of carbonyl (C=O) groups is 2. The summed E-state index contributed by atoms with van der Waals surface area (Å²) in [6.07, 6.45) is 4.70. The maximum atomic E-state index is 12.5. The minimum Gasteiger partial charge on any atom is -0.341 e. The largest absolute Gasteiger partial charge is 0.341 e. The summed E-state index contributed by atoms with van der Waals surface area (Å²) in [4.78, 5) is 28.9. The maximum absolute atomic E-state index is 12.5. The lowest BCUT2D eigenvalue weighted by Crippen LogP contribution is -2.30. The number of nitrogens with zero attached hydrogens (tertiary/aromatic N) is 2. The van der Waals surface area contributed by atoms with Crippen molar-refractivity contribution in [1.82, 2.24) is 4.90 Å². The Morgan fingerprint density at radius 2 is 1.25 bits per heavy atom. The van der Waals surface area contributed by atoms with Crippen molar-refractivity contribution in [3.63, 3.8) is 0 Å². The monoisotopic (exact) mass is 444 g/mol. The first kappa shape index (κ1) is 20.8. The lowest BCUT2D eigenvalue weighted by atomic mass is 10.0. The fourth-order valence-electron chi connectivity index (χ4n) is 4.78. The third kappa shape index (κ3) is 3.80. The fourth-order valence-corrected chi connectivity index (χ4v) is 4.95. The van der Waals surface area contributed by atoms with E-state index in [-0.39, 0.29) is 11.8 Å². The van der Waals surface area contributed by atoms with Crippen LogP contribution in [0.25, 0.3) is 0 Å². The molecule has 5 rings (SSSR count). The van der Waals surface area contributed by atoms with Crippen molar-refractivity contribution in [1.29, 1.82) is 0 Å². The number of anilines is 2. The molecule has 2 heterocycles. The molecule has 4 nitrogen and oxygen atoms in total. The van der Waals surface area contributed by atoms with Crippen LogP contribution in [0.3, 0.4) is 0 Å². The first-order valence-electron chi connectivity index (χ1n) is 11.2. The first-order valence-corrected chi connectivity index (χ1v) is 11.6. The van der Waals surface area contributed by atoms with E-state index in [1.54, 1.807) is 24.3 Å². The summed E-state index contributed by atoms with van der Waals surface area (Å²) in [5.74, 6) is -0.341. The third-order valence-corrected chi connectivity index (χ3v) is 6.66. The van der Waals surface area contributed by atoms with Gasteiger partial charge in [0.15, 0.2) is 0 Å². The minimum atomic E-state index is -0.171. The highest BCUT2D eigenvalue weighted by molar-refractivity contribution is 6.31. The van der Waals surface area contributed by atoms with E-state index in [4.69, 9.17) is 11.6 Å². The zero-order valence-electron chi connectivity index (χ0n) is 17.9. The second kappa shape index (κ2) is 8.79. The van der Waals surface area contributed by atoms with E-state index in [0.29, 0.717) is 17.7 Å². The molecule has 0 fully saturated rings. The van der Waals surface area contributed by atoms with Crippen molar-refractivity contribution in [2.45, 2.75) is 32.1 Å². The topological polar surface area (TPSA) is 40.6 Å². The Kier molecular flexibility index (Phi) is 5.71. The number of benzene rings is 3. The Morgan fingerprint density at radius 1 is 0.656 bits per heavy atom. The zero-order chi connectivity index (χ0) is 22.1. The highest BCUT2D eigenvalue weighted by Gasteiger charge is 2.34. The molecule has 32 heavy (non-hydrogen) atoms. The molecule has 0 saturated heterocycles. The van der Waals surface area contributed by atoms with Crippen LogP contribution in [0.5, 0.6) is 0 Å². The van der Waals surface area contributed by atoms with Crippen LogP contribution in [-0.4, -0.2) is 29.8 Å². The number of aryl methyl sites for hydroxylation is 2. The number of carbonyl (C=O) groups excluding carboxylic acids is 2. The summed E-state index contributed by atoms with van der Waals surface area (Å²) in [5, 5.41) is 0.749. The van der Waals surface area contributed by atoms with Gasteiger partial charge in [0.05, 0.1) is 11.1 Å². The molecule has 0 N–H and O–H groups in total. The molecule has 0 radical (unpaired) electrons. The molecule has 0 unspecified atom stereocenters. The Balaban J connectivity index is 1.25. The third-order valence-electron chi connectivity index (χ3n) is 6.43. The second-order valence-corrected chi connectivity index (χ2v) is 8.86. The van der Waals surface area contributed by atoms with Crippen molar-refractivity contribution < 1.29 is 9.59 Å². The van der Waals surface area contributed by atoms with Gasteiger partial charge in [-0.15, -0.1) is 0 Å². The second-order valence-electron chi connectivity index (χ2n) is 8.42. The van der Waals surface area contributed by atoms with Gasteiger partial charge in [-0.25, -0.2) is 0 Å². The fraction of sp³-hybridized carbons (Fsp3) is 0.259. The normalized spacial score (nSPS) is 14.8. The van der Waals surface area contributed by atoms with Gasteiger partial charge < -0.3 is 4.90 Å². The number of para-hydroxylation sites is 1. The highest BCUT2D eigenvalue weighted by Crippen LogP contribution is 2.37. The van der Waals surface area contributed by atoms with Gasteiger partial charge in [-0.3, -0.25) is 14.5 Å². The molecule has 3 aromatic carbocycles. The van der Waals surface area contributed by atoms with E-state index in [2.05, 4.69) is 41.3 Å². The minimum absolute atomic E-state index is 0.171. The molecule has 2 aliphatic heterocycles. The van der Waals surface area contributed by atoms with Gasteiger partial charge in [-0.1, -0.05) is 48.0 Å². The SMILES string of the molecule is O=C1c2ccccc2C(=O)N1CCCCCN1c2ccccc2CCc2ccc(Cl)cc21. The molecular formula is C27H25ClN2O2. The number of rotatable bonds is 6. The molecule has 2 amide bonds. The van der Waals surface area contributed by atoms with Crippen molar-refractivity contribution in [3.8, 4) is 0 Å². The maximum Gasteiger partial charge on any atom is 0.261 e. The van der Waals surface area contributed by atoms with Gasteiger partial charge in [0.25, 0.3) is 11.8 Å². The summed E-state index contributed by atoms with van der Waals surface area (Å²) in [6.45, 7) is 1.33. The molecule has 0 saturated carbocycles. The standard InChI is InChI=1S/C27H25ClN2O2/c28-21-15-14-20-13-12-19-8-2-5-11-24(19)29(25(20)18-21)16-6-1-7-17-30-26(31)22-9-3-4-10-23(22)27(30)32/h2-5,8-11,14-15,18H,1,6-7,12-13,16-17H2. The van der Waals surface area contributed by atoms with Crippen LogP contribution in [0.2, 0.25) is 5.02 Å². The number of hydrogen-bond donors (Lipinski definition) is 0. The summed E-state index contributed by atoms with van der Waals surface area (Å²) in [7, 11) is 0. The van der Waals surface area contributed by atoms with Crippen LogP contribution in [0.1, 0.15) is 51.1 Å². The molecular weight excluding hydrogens is 420 g/mol. The van der Waals surface area contributed by atoms with Crippen LogP contribution in [0, 0.1) is 0 Å². The smallest absolute Gasteiger partial charge is 0.261 e. The predicted octanol–water partition coefficient (Wildman–Crippen LogP) is 6.04. The van der Waals surface area contributed by atoms with Crippen LogP contribution >= 0.6 is 11.6 Å². The number of halogens is 1. The number of fused-ring (bicyclic) bond motifs is 3. The summed E-state index contributed by atoms with van der Waals surface area (Å²) < 4.78 is 0. The average molecular weight is 445 g/mol. The Labute approximate surface area is 193 Å². The van der Waals surface area contributed by atoms with Crippen LogP contribution in [0.4, 0.5) is 11.4 Å². The van der Waals surface area contributed by atoms with Crippen molar-refractivity contribution >= 4 is 34.8 Å². The van der Waals surface area contributed by atoms with Crippen LogP contribution < -0.4 is 4.90 Å². The van der Waals surface area contributed by atoms with E-state index in [1.165, 1.54) is 27.4 Å². The first-order chi connectivity index (χ1) is 15.6. The van der Waals surface area contributed by atoms with Gasteiger partial charge in [0.2, 0.25) is 0 Å². The number of amides is 2. The van der Waals surface area contributed by atoms with Gasteiger partial charge in [-0.2, -0.15) is 0 Å². The lowest BCUT2D eigenvalue weighted by Gasteiger charge is -2.27. The summed E-state index contributed by atoms with van der Waals surface area (Å²) in [6, 6.07) is 21.8. The molecule has 0 atom stereocenters. The van der Waals surface area contributed by atoms with Crippen molar-refractivity contribution in [2.75, 3.05) is 18.0 Å². The molecule has 0 bridgehead atoms. The average Bonchev–Trinajstić information content (AvgIpc) is 2.96. The Bertz CT molecular complexity index is 1150. The zero-order valence-corrected chi connectivity index (χ0v) is 18.6. The highest BCUT2D eigenvalue weighted by atomic mass is 35.5. The van der Waals surface area contributed by atoms with E-state index in [9.17, 15) is 9.59 Å². The quantitative estimate of drug-likeness (QED) is 0.343. The van der Waals surface area contributed by atoms with E-state index >= 15 is 0 Å². The Morgan fingerprint density at radius 3 is 1.97 bits per heavy atom. The molecule has 0 spiro atoms. The van der Waals surface area contributed by atoms with Crippen LogP contribution in [-0.2, 0) is 12.8 Å². The van der Waals surface area contributed by atoms with Gasteiger partial charge >= 0.3 is 0 Å². The van der Waals surface area contributed by atoms with Gasteiger partial charge in [0, 0.05) is 29.5 Å². The molecule has 5 heteroatoms. The van der Waals surface area contributed by atoms with Gasteiger partial charge in [-0.05, 0) is 73.6 Å². The van der Waals surface area contributed by atoms with Crippen molar-refractivity contribution in [3.05, 3.63) is 94.0 Å². The van der Waals surface area contributed by atoms with E-state index in [0.717, 1.165) is 43.7 Å². The number of unbranched alkanes of at least 4 members (excludes halogenated alkanes) is 2. The van der Waals surface area contributed by atoms with Gasteiger partial charge in [0.1, 0.15) is 0 Å². The predicted molar refractivity (Wildman–Crippen MR) is 128 cm³/mol. The molecule has 3 aromatic rings. The Hall–Kier alpha value is -3.11. The summed E-state index contributed by atoms with van der Waals surface area (Å²) >= 11 is 6.35.